The van der Waals surface area contributed by atoms with Gasteiger partial charge >= 0.3 is 5.97 Å². The summed E-state index contributed by atoms with van der Waals surface area (Å²) in [6.07, 6.45) is 6.93. The molecule has 3 aromatic heterocycles. The van der Waals surface area contributed by atoms with Gasteiger partial charge in [0.1, 0.15) is 12.6 Å². The molecule has 1 N–H and O–H groups in total. The van der Waals surface area contributed by atoms with Gasteiger partial charge in [0.2, 0.25) is 0 Å². The molecule has 0 bridgehead atoms. The van der Waals surface area contributed by atoms with E-state index in [1.165, 1.54) is 4.68 Å². The molecule has 0 aliphatic rings. The lowest BCUT2D eigenvalue weighted by Gasteiger charge is -2.11. The van der Waals surface area contributed by atoms with Crippen LogP contribution in [0.3, 0.4) is 0 Å². The Morgan fingerprint density at radius 3 is 2.70 bits per heavy atom. The molecule has 0 saturated carbocycles. The van der Waals surface area contributed by atoms with Crippen LogP contribution in [0.25, 0.3) is 11.4 Å². The Balaban J connectivity index is 2.03. The lowest BCUT2D eigenvalue weighted by molar-refractivity contribution is -0.137. The van der Waals surface area contributed by atoms with Crippen molar-refractivity contribution in [2.24, 2.45) is 0 Å². The molecule has 3 heterocycles. The van der Waals surface area contributed by atoms with Crippen LogP contribution >= 0.6 is 0 Å². The van der Waals surface area contributed by atoms with Crippen molar-refractivity contribution in [1.82, 2.24) is 29.5 Å². The van der Waals surface area contributed by atoms with Crippen molar-refractivity contribution in [3.63, 3.8) is 0 Å². The van der Waals surface area contributed by atoms with Crippen LogP contribution in [0.4, 0.5) is 0 Å². The fraction of sp³-hybridized carbons (Fsp3) is 0.267. The molecule has 0 aromatic carbocycles. The summed E-state index contributed by atoms with van der Waals surface area (Å²) in [7, 11) is 0. The molecule has 0 aliphatic carbocycles. The molecule has 8 heteroatoms. The van der Waals surface area contributed by atoms with Gasteiger partial charge in [-0.15, -0.1) is 0 Å². The van der Waals surface area contributed by atoms with E-state index in [0.29, 0.717) is 11.6 Å². The molecule has 0 unspecified atom stereocenters. The van der Waals surface area contributed by atoms with Gasteiger partial charge in [0.25, 0.3) is 0 Å². The van der Waals surface area contributed by atoms with Crippen LogP contribution in [0, 0.1) is 6.92 Å². The van der Waals surface area contributed by atoms with Gasteiger partial charge in [-0.05, 0) is 31.5 Å². The summed E-state index contributed by atoms with van der Waals surface area (Å²) >= 11 is 0. The zero-order valence-corrected chi connectivity index (χ0v) is 12.8. The van der Waals surface area contributed by atoms with Crippen LogP contribution in [0.15, 0.2) is 36.9 Å². The molecule has 3 aromatic rings. The third-order valence-electron chi connectivity index (χ3n) is 3.42. The molecule has 1 atom stereocenters. The molecule has 0 saturated heterocycles. The molecular weight excluding hydrogens is 296 g/mol. The highest BCUT2D eigenvalue weighted by Gasteiger charge is 2.20. The number of nitrogens with zero attached hydrogens (tertiary/aromatic N) is 6. The highest BCUT2D eigenvalue weighted by molar-refractivity contribution is 5.66. The van der Waals surface area contributed by atoms with Crippen molar-refractivity contribution in [3.8, 4) is 11.4 Å². The molecule has 118 valence electrons. The molecule has 8 nitrogen and oxygen atoms in total. The molecule has 0 radical (unpaired) electrons. The summed E-state index contributed by atoms with van der Waals surface area (Å²) in [6, 6.07) is 3.34. The van der Waals surface area contributed by atoms with Crippen molar-refractivity contribution in [2.75, 3.05) is 0 Å². The molecule has 0 fully saturated rings. The third kappa shape index (κ3) is 3.10. The zero-order chi connectivity index (χ0) is 16.4. The Labute approximate surface area is 132 Å². The molecule has 3 rings (SSSR count). The second kappa shape index (κ2) is 5.99. The first-order chi connectivity index (χ1) is 11.0. The maximum absolute atomic E-state index is 11.1. The van der Waals surface area contributed by atoms with E-state index in [2.05, 4.69) is 20.2 Å². The lowest BCUT2D eigenvalue weighted by atomic mass is 10.2. The first-order valence-corrected chi connectivity index (χ1v) is 7.12. The summed E-state index contributed by atoms with van der Waals surface area (Å²) in [5, 5.41) is 17.7. The van der Waals surface area contributed by atoms with Crippen LogP contribution in [-0.2, 0) is 11.3 Å². The number of rotatable bonds is 5. The van der Waals surface area contributed by atoms with E-state index < -0.39 is 5.97 Å². The Morgan fingerprint density at radius 2 is 2.09 bits per heavy atom. The molecule has 23 heavy (non-hydrogen) atoms. The first-order valence-electron chi connectivity index (χ1n) is 7.12. The molecule has 0 aliphatic heterocycles. The topological polar surface area (TPSA) is 98.7 Å². The highest BCUT2D eigenvalue weighted by Crippen LogP contribution is 2.20. The summed E-state index contributed by atoms with van der Waals surface area (Å²) in [5.41, 5.74) is 1.81. The van der Waals surface area contributed by atoms with Crippen molar-refractivity contribution in [2.45, 2.75) is 26.4 Å². The van der Waals surface area contributed by atoms with Gasteiger partial charge in [-0.25, -0.2) is 9.67 Å². The minimum Gasteiger partial charge on any atom is -0.480 e. The number of carboxylic acid groups (broad SMARTS) is 1. The summed E-state index contributed by atoms with van der Waals surface area (Å²) in [5.74, 6) is 0.0444. The first kappa shape index (κ1) is 14.9. The van der Waals surface area contributed by atoms with Crippen LogP contribution in [0.1, 0.15) is 24.4 Å². The van der Waals surface area contributed by atoms with E-state index in [1.54, 1.807) is 35.4 Å². The lowest BCUT2D eigenvalue weighted by Crippen LogP contribution is -2.18. The van der Waals surface area contributed by atoms with Gasteiger partial charge in [0, 0.05) is 24.2 Å². The number of carbonyl (C=O) groups is 1. The number of carboxylic acids is 1. The van der Waals surface area contributed by atoms with E-state index in [-0.39, 0.29) is 12.6 Å². The average Bonchev–Trinajstić information content (AvgIpc) is 3.14. The minimum absolute atomic E-state index is 0.230. The standard InChI is InChI=1S/C15H16N6O2/c1-10-7-17-20(8-10)11(2)15-18-14(12-3-5-16-6-4-12)19-21(15)9-13(22)23/h3-8,11H,9H2,1-2H3,(H,22,23)/t11-/m1/s1. The van der Waals surface area contributed by atoms with Crippen molar-refractivity contribution < 1.29 is 9.90 Å². The van der Waals surface area contributed by atoms with Gasteiger partial charge in [0.05, 0.1) is 6.20 Å². The average molecular weight is 312 g/mol. The normalized spacial score (nSPS) is 12.3. The van der Waals surface area contributed by atoms with Gasteiger partial charge in [-0.2, -0.15) is 10.2 Å². The summed E-state index contributed by atoms with van der Waals surface area (Å²) < 4.78 is 3.15. The monoisotopic (exact) mass is 312 g/mol. The van der Waals surface area contributed by atoms with Gasteiger partial charge in [0.15, 0.2) is 11.6 Å². The maximum Gasteiger partial charge on any atom is 0.325 e. The smallest absolute Gasteiger partial charge is 0.325 e. The van der Waals surface area contributed by atoms with Crippen LogP contribution < -0.4 is 0 Å². The fourth-order valence-electron chi connectivity index (χ4n) is 2.29. The van der Waals surface area contributed by atoms with Crippen LogP contribution in [-0.4, -0.2) is 40.6 Å². The number of pyridine rings is 1. The number of hydrogen-bond donors (Lipinski definition) is 1. The second-order valence-electron chi connectivity index (χ2n) is 5.25. The predicted octanol–water partition coefficient (Wildman–Crippen LogP) is 1.54. The van der Waals surface area contributed by atoms with E-state index in [9.17, 15) is 4.79 Å². The van der Waals surface area contributed by atoms with E-state index >= 15 is 0 Å². The Kier molecular flexibility index (Phi) is 3.88. The number of aryl methyl sites for hydroxylation is 1. The Bertz CT molecular complexity index is 824. The highest BCUT2D eigenvalue weighted by atomic mass is 16.4. The molecule has 0 spiro atoms. The summed E-state index contributed by atoms with van der Waals surface area (Å²) in [6.45, 7) is 3.60. The van der Waals surface area contributed by atoms with E-state index in [0.717, 1.165) is 11.1 Å². The van der Waals surface area contributed by atoms with Crippen LogP contribution in [0.2, 0.25) is 0 Å². The number of hydrogen-bond acceptors (Lipinski definition) is 5. The van der Waals surface area contributed by atoms with Crippen molar-refractivity contribution in [3.05, 3.63) is 48.3 Å². The fourth-order valence-corrected chi connectivity index (χ4v) is 2.29. The van der Waals surface area contributed by atoms with Gasteiger partial charge < -0.3 is 5.11 Å². The Morgan fingerprint density at radius 1 is 1.35 bits per heavy atom. The molecular formula is C15H16N6O2. The van der Waals surface area contributed by atoms with E-state index in [1.807, 2.05) is 20.0 Å². The maximum atomic E-state index is 11.1. The SMILES string of the molecule is Cc1cnn([C@H](C)c2nc(-c3ccncc3)nn2CC(=O)O)c1. The largest absolute Gasteiger partial charge is 0.480 e. The van der Waals surface area contributed by atoms with Crippen molar-refractivity contribution >= 4 is 5.97 Å². The van der Waals surface area contributed by atoms with Crippen LogP contribution in [0.5, 0.6) is 0 Å². The second-order valence-corrected chi connectivity index (χ2v) is 5.25. The number of aromatic nitrogens is 6. The third-order valence-corrected chi connectivity index (χ3v) is 3.42. The van der Waals surface area contributed by atoms with E-state index in [4.69, 9.17) is 5.11 Å². The summed E-state index contributed by atoms with van der Waals surface area (Å²) in [4.78, 5) is 19.6. The van der Waals surface area contributed by atoms with Gasteiger partial charge in [-0.1, -0.05) is 0 Å². The zero-order valence-electron chi connectivity index (χ0n) is 12.8. The Hall–Kier alpha value is -3.03. The number of aliphatic carboxylic acids is 1. The molecule has 0 amide bonds. The van der Waals surface area contributed by atoms with Gasteiger partial charge in [-0.3, -0.25) is 14.5 Å². The quantitative estimate of drug-likeness (QED) is 0.767. The van der Waals surface area contributed by atoms with Crippen molar-refractivity contribution in [1.29, 1.82) is 0 Å². The predicted molar refractivity (Wildman–Crippen MR) is 81.7 cm³/mol. The minimum atomic E-state index is -0.971.